The van der Waals surface area contributed by atoms with Gasteiger partial charge in [0.05, 0.1) is 6.61 Å². The second-order valence-electron chi connectivity index (χ2n) is 24.8. The first-order valence-electron chi connectivity index (χ1n) is 34.5. The van der Waals surface area contributed by atoms with Crippen LogP contribution >= 0.6 is 30.1 Å². The Morgan fingerprint density at radius 3 is 0.642 bits per heavy atom. The molecule has 0 saturated carbocycles. The van der Waals surface area contributed by atoms with Gasteiger partial charge in [0, 0.05) is 60.9 Å². The van der Waals surface area contributed by atoms with E-state index in [1.807, 2.05) is 0 Å². The number of hydrogen-bond acceptors (Lipinski definition) is 2. The van der Waals surface area contributed by atoms with Crippen molar-refractivity contribution in [3.8, 4) is 5.75 Å². The van der Waals surface area contributed by atoms with Gasteiger partial charge in [-0.1, -0.05) is 184 Å². The van der Waals surface area contributed by atoms with E-state index in [1.165, 1.54) is 63.5 Å². The standard InChI is InChI=1S/C78H109IOS/c1-18-35-36-37-38-39-40-41-42-43-44-80-77-73-69-61-53(27-10)45(19-2)49(23-6)57(31-14)65(61)71(66-58(32-15)50(24-7)46(20-3)54(28-11)62(66)69)75(73)78(81-79)76-72-67-59(33-16)51(25-8)47(21-4)55(29-12)63(67)70(74(76)77)64-56(30-13)48(22-5)52(26-9)60(34-17)68(64)72/h69-72H,18-44H2,1-17H3. The molecule has 6 aliphatic carbocycles. The second-order valence-corrected chi connectivity index (χ2v) is 26.7. The third-order valence-corrected chi connectivity index (χ3v) is 23.5. The predicted molar refractivity (Wildman–Crippen MR) is 363 cm³/mol. The van der Waals surface area contributed by atoms with Crippen LogP contribution < -0.4 is 4.74 Å². The van der Waals surface area contributed by atoms with Crippen LogP contribution in [0.4, 0.5) is 0 Å². The van der Waals surface area contributed by atoms with Gasteiger partial charge in [0.25, 0.3) is 0 Å². The van der Waals surface area contributed by atoms with Crippen LogP contribution in [-0.4, -0.2) is 6.61 Å². The fourth-order valence-corrected chi connectivity index (χ4v) is 21.0. The van der Waals surface area contributed by atoms with E-state index in [1.54, 1.807) is 161 Å². The van der Waals surface area contributed by atoms with Gasteiger partial charge in [0.2, 0.25) is 0 Å². The highest BCUT2D eigenvalue weighted by molar-refractivity contribution is 14.2. The highest BCUT2D eigenvalue weighted by Crippen LogP contribution is 2.71. The molecule has 0 amide bonds. The van der Waals surface area contributed by atoms with E-state index in [-0.39, 0.29) is 23.7 Å². The first-order valence-corrected chi connectivity index (χ1v) is 37.9. The summed E-state index contributed by atoms with van der Waals surface area (Å²) < 4.78 is 8.25. The van der Waals surface area contributed by atoms with Gasteiger partial charge >= 0.3 is 0 Å². The maximum absolute atomic E-state index is 8.25. The summed E-state index contributed by atoms with van der Waals surface area (Å²) in [6, 6.07) is 0. The van der Waals surface area contributed by atoms with E-state index in [4.69, 9.17) is 4.74 Å². The Morgan fingerprint density at radius 1 is 0.247 bits per heavy atom. The van der Waals surface area contributed by atoms with Crippen molar-refractivity contribution in [3.63, 3.8) is 0 Å². The topological polar surface area (TPSA) is 9.23 Å². The van der Waals surface area contributed by atoms with Crippen LogP contribution in [0, 0.1) is 0 Å². The van der Waals surface area contributed by atoms with Crippen molar-refractivity contribution in [3.05, 3.63) is 156 Å². The molecule has 11 rings (SSSR count). The largest absolute Gasteiger partial charge is 0.493 e. The van der Waals surface area contributed by atoms with Crippen LogP contribution in [0.5, 0.6) is 5.75 Å². The normalized spacial score (nSPS) is 16.9. The maximum atomic E-state index is 8.25. The number of benzene rings is 5. The lowest BCUT2D eigenvalue weighted by Gasteiger charge is -2.53. The molecule has 0 aromatic heterocycles. The smallest absolute Gasteiger partial charge is 0.128 e. The van der Waals surface area contributed by atoms with Gasteiger partial charge in [-0.25, -0.2) is 0 Å². The predicted octanol–water partition coefficient (Wildman–Crippen LogP) is 22.4. The molecule has 1 nitrogen and oxygen atoms in total. The number of hydrogen-bond donors (Lipinski definition) is 0. The molecule has 0 radical (unpaired) electrons. The van der Waals surface area contributed by atoms with Gasteiger partial charge in [-0.2, -0.15) is 0 Å². The summed E-state index contributed by atoms with van der Waals surface area (Å²) in [5, 5.41) is 0. The molecule has 0 unspecified atom stereocenters. The molecular weight excluding hydrogens is 1110 g/mol. The van der Waals surface area contributed by atoms with Gasteiger partial charge in [0.1, 0.15) is 5.75 Å². The molecule has 4 bridgehead atoms. The van der Waals surface area contributed by atoms with E-state index in [9.17, 15) is 0 Å². The van der Waals surface area contributed by atoms with E-state index in [2.05, 4.69) is 148 Å². The fraction of sp³-hybridized carbons (Fsp3) is 0.615. The van der Waals surface area contributed by atoms with Crippen LogP contribution in [-0.2, 0) is 103 Å². The minimum Gasteiger partial charge on any atom is -0.493 e. The minimum absolute atomic E-state index is 0.133. The Hall–Kier alpha value is -3.02. The molecule has 3 heteroatoms. The summed E-state index contributed by atoms with van der Waals surface area (Å²) in [4.78, 5) is 1.61. The Bertz CT molecular complexity index is 2790. The minimum atomic E-state index is 0.133. The molecular formula is C78H109IOS. The molecule has 440 valence electrons. The van der Waals surface area contributed by atoms with Crippen LogP contribution in [0.2, 0.25) is 0 Å². The number of ether oxygens (including phenoxy) is 1. The van der Waals surface area contributed by atoms with Crippen molar-refractivity contribution in [2.75, 3.05) is 6.61 Å². The van der Waals surface area contributed by atoms with Crippen molar-refractivity contribution in [1.29, 1.82) is 0 Å². The zero-order chi connectivity index (χ0) is 58.1. The molecule has 5 aromatic carbocycles. The van der Waals surface area contributed by atoms with Crippen LogP contribution in [0.3, 0.4) is 0 Å². The van der Waals surface area contributed by atoms with E-state index < -0.39 is 0 Å². The molecule has 6 aliphatic rings. The van der Waals surface area contributed by atoms with Gasteiger partial charge < -0.3 is 4.74 Å². The van der Waals surface area contributed by atoms with Gasteiger partial charge in [0.15, 0.2) is 0 Å². The molecule has 0 heterocycles. The van der Waals surface area contributed by atoms with Crippen molar-refractivity contribution in [2.24, 2.45) is 0 Å². The molecule has 0 spiro atoms. The Morgan fingerprint density at radius 2 is 0.444 bits per heavy atom. The first-order chi connectivity index (χ1) is 39.6. The van der Waals surface area contributed by atoms with Crippen LogP contribution in [0.25, 0.3) is 0 Å². The average Bonchev–Trinajstić information content (AvgIpc) is 2.38. The lowest BCUT2D eigenvalue weighted by molar-refractivity contribution is 0.294. The summed E-state index contributed by atoms with van der Waals surface area (Å²) in [6.45, 7) is 43.0. The molecule has 0 aliphatic heterocycles. The molecule has 0 saturated heterocycles. The SMILES string of the molecule is CCCCCCCCCCCCOc1c2c(c(SI)c3c1C1c4c(CC)c(CC)c(CC)c(CC)c4C3c3c(CC)c(CC)c(CC)c(CC)c31)C1c3c(CC)c(CC)c(CC)c(CC)c3C2c2c(CC)c(CC)c(CC)c(CC)c21. The van der Waals surface area contributed by atoms with E-state index >= 15 is 0 Å². The van der Waals surface area contributed by atoms with Gasteiger partial charge in [-0.3, -0.25) is 0 Å². The quantitative estimate of drug-likeness (QED) is 0.0341. The molecule has 5 aromatic rings. The van der Waals surface area contributed by atoms with Crippen molar-refractivity contribution in [1.82, 2.24) is 0 Å². The number of halogens is 1. The Labute approximate surface area is 512 Å². The lowest BCUT2D eigenvalue weighted by atomic mass is 9.51. The lowest BCUT2D eigenvalue weighted by Crippen LogP contribution is -2.39. The third-order valence-electron chi connectivity index (χ3n) is 21.6. The van der Waals surface area contributed by atoms with Crippen molar-refractivity contribution in [2.45, 2.75) is 313 Å². The van der Waals surface area contributed by atoms with Crippen LogP contribution in [0.1, 0.15) is 361 Å². The molecule has 0 fully saturated rings. The van der Waals surface area contributed by atoms with E-state index in [0.29, 0.717) is 0 Å². The van der Waals surface area contributed by atoms with Gasteiger partial charge in [-0.05, 0) is 254 Å². The molecule has 0 N–H and O–H groups in total. The van der Waals surface area contributed by atoms with Crippen LogP contribution in [0.15, 0.2) is 4.90 Å². The second kappa shape index (κ2) is 27.1. The Kier molecular flexibility index (Phi) is 20.9. The fourth-order valence-electron chi connectivity index (χ4n) is 19.0. The summed E-state index contributed by atoms with van der Waals surface area (Å²) in [5.74, 6) is 1.93. The highest BCUT2D eigenvalue weighted by atomic mass is 127. The molecule has 81 heavy (non-hydrogen) atoms. The zero-order valence-corrected chi connectivity index (χ0v) is 57.6. The maximum Gasteiger partial charge on any atom is 0.128 e. The monoisotopic (exact) mass is 1220 g/mol. The zero-order valence-electron chi connectivity index (χ0n) is 54.6. The van der Waals surface area contributed by atoms with Crippen molar-refractivity contribution >= 4 is 30.1 Å². The number of rotatable bonds is 29. The van der Waals surface area contributed by atoms with Crippen molar-refractivity contribution < 1.29 is 4.74 Å². The summed E-state index contributed by atoms with van der Waals surface area (Å²) in [6.07, 6.45) is 30.7. The summed E-state index contributed by atoms with van der Waals surface area (Å²) in [5.41, 5.74) is 46.9. The number of unbranched alkanes of at least 4 members (excludes halogenated alkanes) is 9. The molecule has 0 atom stereocenters. The third kappa shape index (κ3) is 9.63. The summed E-state index contributed by atoms with van der Waals surface area (Å²) >= 11 is 2.82. The van der Waals surface area contributed by atoms with Gasteiger partial charge in [-0.15, -0.1) is 0 Å². The summed E-state index contributed by atoms with van der Waals surface area (Å²) in [7, 11) is 2.11. The van der Waals surface area contributed by atoms with E-state index in [0.717, 1.165) is 116 Å². The first kappa shape index (κ1) is 62.5. The highest BCUT2D eigenvalue weighted by Gasteiger charge is 2.56. The Balaban J connectivity index is 1.50. The average molecular weight is 1220 g/mol.